The van der Waals surface area contributed by atoms with Gasteiger partial charge in [0.2, 0.25) is 0 Å². The van der Waals surface area contributed by atoms with Gasteiger partial charge in [-0.05, 0) is 31.7 Å². The van der Waals surface area contributed by atoms with E-state index in [9.17, 15) is 0 Å². The van der Waals surface area contributed by atoms with E-state index in [1.54, 1.807) is 7.05 Å². The van der Waals surface area contributed by atoms with Crippen molar-refractivity contribution in [2.24, 2.45) is 4.99 Å². The van der Waals surface area contributed by atoms with Crippen LogP contribution in [0.5, 0.6) is 0 Å². The molecule has 1 aromatic carbocycles. The highest BCUT2D eigenvalue weighted by Crippen LogP contribution is 2.05. The van der Waals surface area contributed by atoms with Crippen molar-refractivity contribution in [2.45, 2.75) is 25.9 Å². The lowest BCUT2D eigenvalue weighted by molar-refractivity contribution is 0.249. The molecule has 0 aliphatic carbocycles. The summed E-state index contributed by atoms with van der Waals surface area (Å²) in [5.41, 5.74) is 2.41. The molecule has 1 atom stereocenters. The van der Waals surface area contributed by atoms with Crippen LogP contribution in [0.1, 0.15) is 18.2 Å². The summed E-state index contributed by atoms with van der Waals surface area (Å²) in [6.07, 6.45) is 2.71. The second-order valence-electron chi connectivity index (χ2n) is 6.20. The van der Waals surface area contributed by atoms with Gasteiger partial charge in [-0.25, -0.2) is 0 Å². The van der Waals surface area contributed by atoms with Crippen LogP contribution in [0, 0.1) is 0 Å². The number of aromatic nitrogens is 1. The number of likely N-dealkylation sites (N-methyl/N-ethyl adjacent to an activating group) is 1. The molecule has 0 aliphatic rings. The molecule has 5 heteroatoms. The number of hydrogen-bond acceptors (Lipinski definition) is 3. The minimum absolute atomic E-state index is 0.398. The molecule has 1 aromatic heterocycles. The molecule has 1 unspecified atom stereocenters. The van der Waals surface area contributed by atoms with Crippen LogP contribution in [0.25, 0.3) is 0 Å². The lowest BCUT2D eigenvalue weighted by Gasteiger charge is -2.25. The van der Waals surface area contributed by atoms with E-state index >= 15 is 0 Å². The molecule has 0 radical (unpaired) electrons. The first-order chi connectivity index (χ1) is 12.2. The quantitative estimate of drug-likeness (QED) is 0.572. The zero-order valence-electron chi connectivity index (χ0n) is 15.4. The van der Waals surface area contributed by atoms with Gasteiger partial charge in [0.05, 0.1) is 0 Å². The Kier molecular flexibility index (Phi) is 7.92. The molecule has 0 spiro atoms. The average molecular weight is 339 g/mol. The highest BCUT2D eigenvalue weighted by Gasteiger charge is 2.10. The predicted molar refractivity (Wildman–Crippen MR) is 105 cm³/mol. The van der Waals surface area contributed by atoms with E-state index < -0.39 is 0 Å². The molecule has 1 heterocycles. The molecule has 0 aliphatic heterocycles. The highest BCUT2D eigenvalue weighted by molar-refractivity contribution is 5.79. The first-order valence-electron chi connectivity index (χ1n) is 8.77. The van der Waals surface area contributed by atoms with E-state index in [4.69, 9.17) is 0 Å². The second-order valence-corrected chi connectivity index (χ2v) is 6.20. The minimum Gasteiger partial charge on any atom is -0.356 e. The molecule has 0 fully saturated rings. The van der Waals surface area contributed by atoms with Gasteiger partial charge in [-0.1, -0.05) is 36.4 Å². The number of benzene rings is 1. The molecular weight excluding hydrogens is 310 g/mol. The van der Waals surface area contributed by atoms with E-state index in [1.165, 1.54) is 5.56 Å². The third-order valence-electron chi connectivity index (χ3n) is 4.22. The molecule has 25 heavy (non-hydrogen) atoms. The van der Waals surface area contributed by atoms with Crippen molar-refractivity contribution in [3.63, 3.8) is 0 Å². The Labute approximate surface area is 151 Å². The van der Waals surface area contributed by atoms with Gasteiger partial charge in [-0.3, -0.25) is 14.9 Å². The minimum atomic E-state index is 0.398. The van der Waals surface area contributed by atoms with Crippen molar-refractivity contribution >= 4 is 5.96 Å². The Hall–Kier alpha value is -2.40. The van der Waals surface area contributed by atoms with E-state index in [2.05, 4.69) is 69.8 Å². The fourth-order valence-corrected chi connectivity index (χ4v) is 2.50. The van der Waals surface area contributed by atoms with Crippen LogP contribution in [-0.4, -0.2) is 49.1 Å². The molecule has 0 saturated carbocycles. The standard InChI is InChI=1S/C20H29N5/c1-17(25(3)16-18-9-5-4-6-10-18)15-24-20(21-2)23-14-12-19-11-7-8-13-22-19/h4-11,13,17H,12,14-16H2,1-3H3,(H2,21,23,24). The molecular formula is C20H29N5. The van der Waals surface area contributed by atoms with Crippen molar-refractivity contribution in [1.82, 2.24) is 20.5 Å². The Morgan fingerprint density at radius 1 is 1.12 bits per heavy atom. The van der Waals surface area contributed by atoms with E-state index in [0.29, 0.717) is 6.04 Å². The van der Waals surface area contributed by atoms with Crippen molar-refractivity contribution in [3.8, 4) is 0 Å². The van der Waals surface area contributed by atoms with Gasteiger partial charge < -0.3 is 10.6 Å². The molecule has 134 valence electrons. The summed E-state index contributed by atoms with van der Waals surface area (Å²) in [6, 6.07) is 16.9. The lowest BCUT2D eigenvalue weighted by Crippen LogP contribution is -2.45. The molecule has 2 N–H and O–H groups in total. The third kappa shape index (κ3) is 6.93. The Morgan fingerprint density at radius 2 is 1.88 bits per heavy atom. The summed E-state index contributed by atoms with van der Waals surface area (Å²) in [6.45, 7) is 4.81. The zero-order valence-corrected chi connectivity index (χ0v) is 15.4. The second kappa shape index (κ2) is 10.5. The largest absolute Gasteiger partial charge is 0.356 e. The van der Waals surface area contributed by atoms with Gasteiger partial charge in [0.25, 0.3) is 0 Å². The lowest BCUT2D eigenvalue weighted by atomic mass is 10.2. The number of nitrogens with one attached hydrogen (secondary N) is 2. The molecule has 0 saturated heterocycles. The van der Waals surface area contributed by atoms with Crippen molar-refractivity contribution in [1.29, 1.82) is 0 Å². The van der Waals surface area contributed by atoms with Crippen LogP contribution in [0.3, 0.4) is 0 Å². The molecule has 2 aromatic rings. The third-order valence-corrected chi connectivity index (χ3v) is 4.22. The number of guanidine groups is 1. The number of rotatable bonds is 8. The zero-order chi connectivity index (χ0) is 17.9. The number of nitrogens with zero attached hydrogens (tertiary/aromatic N) is 3. The first-order valence-corrected chi connectivity index (χ1v) is 8.77. The SMILES string of the molecule is CN=C(NCCc1ccccn1)NCC(C)N(C)Cc1ccccc1. The normalized spacial score (nSPS) is 12.9. The average Bonchev–Trinajstić information content (AvgIpc) is 2.65. The van der Waals surface area contributed by atoms with E-state index in [1.807, 2.05) is 24.4 Å². The summed E-state index contributed by atoms with van der Waals surface area (Å²) < 4.78 is 0. The van der Waals surface area contributed by atoms with Gasteiger partial charge in [-0.2, -0.15) is 0 Å². The summed E-state index contributed by atoms with van der Waals surface area (Å²) in [4.78, 5) is 11.0. The summed E-state index contributed by atoms with van der Waals surface area (Å²) in [7, 11) is 3.95. The van der Waals surface area contributed by atoms with Crippen molar-refractivity contribution < 1.29 is 0 Å². The van der Waals surface area contributed by atoms with E-state index in [-0.39, 0.29) is 0 Å². The van der Waals surface area contributed by atoms with Crippen LogP contribution < -0.4 is 10.6 Å². The number of aliphatic imine (C=N–C) groups is 1. The summed E-state index contributed by atoms with van der Waals surface area (Å²) in [5.74, 6) is 0.830. The van der Waals surface area contributed by atoms with E-state index in [0.717, 1.165) is 37.7 Å². The maximum atomic E-state index is 4.33. The Bertz CT molecular complexity index is 627. The van der Waals surface area contributed by atoms with Crippen LogP contribution in [-0.2, 0) is 13.0 Å². The van der Waals surface area contributed by atoms with Crippen LogP contribution in [0.15, 0.2) is 59.7 Å². The van der Waals surface area contributed by atoms with Gasteiger partial charge in [0, 0.05) is 51.0 Å². The van der Waals surface area contributed by atoms with Crippen LogP contribution in [0.4, 0.5) is 0 Å². The highest BCUT2D eigenvalue weighted by atomic mass is 15.2. The summed E-state index contributed by atoms with van der Waals surface area (Å²) >= 11 is 0. The number of hydrogen-bond donors (Lipinski definition) is 2. The maximum Gasteiger partial charge on any atom is 0.191 e. The smallest absolute Gasteiger partial charge is 0.191 e. The fourth-order valence-electron chi connectivity index (χ4n) is 2.50. The summed E-state index contributed by atoms with van der Waals surface area (Å²) in [5, 5.41) is 6.74. The molecule has 0 amide bonds. The van der Waals surface area contributed by atoms with Crippen molar-refractivity contribution in [3.05, 3.63) is 66.0 Å². The predicted octanol–water partition coefficient (Wildman–Crippen LogP) is 2.31. The fraction of sp³-hybridized carbons (Fsp3) is 0.400. The van der Waals surface area contributed by atoms with Gasteiger partial charge >= 0.3 is 0 Å². The van der Waals surface area contributed by atoms with Gasteiger partial charge in [0.1, 0.15) is 0 Å². The van der Waals surface area contributed by atoms with Crippen LogP contribution >= 0.6 is 0 Å². The maximum absolute atomic E-state index is 4.33. The molecule has 2 rings (SSSR count). The number of pyridine rings is 1. The van der Waals surface area contributed by atoms with Gasteiger partial charge in [-0.15, -0.1) is 0 Å². The van der Waals surface area contributed by atoms with Crippen LogP contribution in [0.2, 0.25) is 0 Å². The van der Waals surface area contributed by atoms with Crippen molar-refractivity contribution in [2.75, 3.05) is 27.2 Å². The van der Waals surface area contributed by atoms with Gasteiger partial charge in [0.15, 0.2) is 5.96 Å². The topological polar surface area (TPSA) is 52.6 Å². The molecule has 5 nitrogen and oxygen atoms in total. The monoisotopic (exact) mass is 339 g/mol. The first kappa shape index (κ1) is 18.9. The Balaban J connectivity index is 1.70. The Morgan fingerprint density at radius 3 is 2.56 bits per heavy atom. The molecule has 0 bridgehead atoms.